The van der Waals surface area contributed by atoms with Gasteiger partial charge >= 0.3 is 0 Å². The van der Waals surface area contributed by atoms with Crippen LogP contribution in [0.25, 0.3) is 11.0 Å². The predicted molar refractivity (Wildman–Crippen MR) is 77.9 cm³/mol. The molecule has 1 aromatic carbocycles. The molecule has 0 saturated carbocycles. The van der Waals surface area contributed by atoms with Gasteiger partial charge in [0.05, 0.1) is 23.8 Å². The van der Waals surface area contributed by atoms with Gasteiger partial charge in [0.25, 0.3) is 5.56 Å². The number of hydrogen-bond donors (Lipinski definition) is 1. The zero-order valence-corrected chi connectivity index (χ0v) is 11.6. The summed E-state index contributed by atoms with van der Waals surface area (Å²) in [7, 11) is 0. The number of carbonyl (C=O) groups is 1. The Bertz CT molecular complexity index is 705. The highest BCUT2D eigenvalue weighted by Gasteiger charge is 2.16. The third-order valence-electron chi connectivity index (χ3n) is 3.67. The Balaban J connectivity index is 1.73. The Kier molecular flexibility index (Phi) is 3.96. The van der Waals surface area contributed by atoms with Crippen molar-refractivity contribution in [3.8, 4) is 0 Å². The van der Waals surface area contributed by atoms with Gasteiger partial charge in [-0.1, -0.05) is 12.1 Å². The van der Waals surface area contributed by atoms with Crippen LogP contribution in [-0.2, 0) is 16.1 Å². The van der Waals surface area contributed by atoms with Gasteiger partial charge in [-0.25, -0.2) is 4.98 Å². The number of hydrogen-bond acceptors (Lipinski definition) is 4. The number of carbonyl (C=O) groups excluding carboxylic acids is 1. The summed E-state index contributed by atoms with van der Waals surface area (Å²) in [5.74, 6) is 0.209. The molecule has 2 heterocycles. The first-order chi connectivity index (χ1) is 10.2. The van der Waals surface area contributed by atoms with Crippen LogP contribution in [0.4, 0.5) is 0 Å². The van der Waals surface area contributed by atoms with E-state index in [1.807, 2.05) is 18.2 Å². The molecule has 6 heteroatoms. The summed E-state index contributed by atoms with van der Waals surface area (Å²) in [6.45, 7) is 2.06. The first-order valence-electron chi connectivity index (χ1n) is 7.03. The topological polar surface area (TPSA) is 73.2 Å². The summed E-state index contributed by atoms with van der Waals surface area (Å²) in [5, 5.41) is 2.87. The monoisotopic (exact) mass is 287 g/mol. The zero-order chi connectivity index (χ0) is 14.7. The van der Waals surface area contributed by atoms with Crippen LogP contribution in [0.15, 0.2) is 35.3 Å². The summed E-state index contributed by atoms with van der Waals surface area (Å²) >= 11 is 0. The maximum atomic E-state index is 12.0. The molecule has 6 nitrogen and oxygen atoms in total. The molecule has 1 saturated heterocycles. The standard InChI is InChI=1S/C15H17N3O3/c19-14(17-7-11-5-6-21-10-11)9-18-13-4-2-1-3-12(13)16-8-15(18)20/h1-4,8,11H,5-7,9-10H2,(H,17,19). The maximum Gasteiger partial charge on any atom is 0.269 e. The molecule has 0 bridgehead atoms. The lowest BCUT2D eigenvalue weighted by molar-refractivity contribution is -0.121. The summed E-state index contributed by atoms with van der Waals surface area (Å²) in [5.41, 5.74) is 1.10. The Hall–Kier alpha value is -2.21. The van der Waals surface area contributed by atoms with Gasteiger partial charge in [0.1, 0.15) is 6.54 Å². The Morgan fingerprint density at radius 2 is 2.29 bits per heavy atom. The van der Waals surface area contributed by atoms with Crippen LogP contribution in [0.5, 0.6) is 0 Å². The Morgan fingerprint density at radius 1 is 1.43 bits per heavy atom. The number of nitrogens with one attached hydrogen (secondary N) is 1. The third-order valence-corrected chi connectivity index (χ3v) is 3.67. The molecule has 21 heavy (non-hydrogen) atoms. The van der Waals surface area contributed by atoms with Crippen molar-refractivity contribution in [2.45, 2.75) is 13.0 Å². The van der Waals surface area contributed by atoms with E-state index < -0.39 is 0 Å². The second kappa shape index (κ2) is 6.05. The first kappa shape index (κ1) is 13.8. The van der Waals surface area contributed by atoms with Gasteiger partial charge in [0.2, 0.25) is 5.91 Å². The van der Waals surface area contributed by atoms with E-state index >= 15 is 0 Å². The van der Waals surface area contributed by atoms with Gasteiger partial charge in [-0.05, 0) is 18.6 Å². The predicted octanol–water partition coefficient (Wildman–Crippen LogP) is 0.549. The minimum atomic E-state index is -0.270. The molecule has 1 N–H and O–H groups in total. The van der Waals surface area contributed by atoms with Crippen molar-refractivity contribution in [1.29, 1.82) is 0 Å². The highest BCUT2D eigenvalue weighted by atomic mass is 16.5. The molecular formula is C15H17N3O3. The van der Waals surface area contributed by atoms with Crippen molar-refractivity contribution in [1.82, 2.24) is 14.9 Å². The van der Waals surface area contributed by atoms with Crippen LogP contribution in [0, 0.1) is 5.92 Å². The Morgan fingerprint density at radius 3 is 3.10 bits per heavy atom. The van der Waals surface area contributed by atoms with Crippen molar-refractivity contribution in [2.75, 3.05) is 19.8 Å². The molecular weight excluding hydrogens is 270 g/mol. The highest BCUT2D eigenvalue weighted by Crippen LogP contribution is 2.11. The number of para-hydroxylation sites is 2. The van der Waals surface area contributed by atoms with Crippen LogP contribution in [0.2, 0.25) is 0 Å². The van der Waals surface area contributed by atoms with Gasteiger partial charge in [0.15, 0.2) is 0 Å². The SMILES string of the molecule is O=C(Cn1c(=O)cnc2ccccc21)NCC1CCOC1. The van der Waals surface area contributed by atoms with Crippen LogP contribution in [-0.4, -0.2) is 35.2 Å². The van der Waals surface area contributed by atoms with E-state index in [0.717, 1.165) is 13.0 Å². The molecule has 1 amide bonds. The van der Waals surface area contributed by atoms with Crippen molar-refractivity contribution in [3.05, 3.63) is 40.8 Å². The van der Waals surface area contributed by atoms with E-state index in [9.17, 15) is 9.59 Å². The summed E-state index contributed by atoms with van der Waals surface area (Å²) in [6.07, 6.45) is 2.22. The minimum Gasteiger partial charge on any atom is -0.381 e. The van der Waals surface area contributed by atoms with Crippen LogP contribution < -0.4 is 10.9 Å². The lowest BCUT2D eigenvalue weighted by Crippen LogP contribution is -2.35. The number of aromatic nitrogens is 2. The summed E-state index contributed by atoms with van der Waals surface area (Å²) < 4.78 is 6.72. The maximum absolute atomic E-state index is 12.0. The minimum absolute atomic E-state index is 0.00937. The van der Waals surface area contributed by atoms with Crippen molar-refractivity contribution in [3.63, 3.8) is 0 Å². The summed E-state index contributed by atoms with van der Waals surface area (Å²) in [6, 6.07) is 7.29. The fourth-order valence-electron chi connectivity index (χ4n) is 2.48. The average molecular weight is 287 g/mol. The first-order valence-corrected chi connectivity index (χ1v) is 7.03. The molecule has 1 fully saturated rings. The van der Waals surface area contributed by atoms with E-state index in [0.29, 0.717) is 30.1 Å². The molecule has 1 aliphatic heterocycles. The van der Waals surface area contributed by atoms with Gasteiger partial charge < -0.3 is 10.1 Å². The van der Waals surface area contributed by atoms with E-state index in [1.165, 1.54) is 10.8 Å². The van der Waals surface area contributed by atoms with E-state index in [2.05, 4.69) is 10.3 Å². The van der Waals surface area contributed by atoms with Crippen molar-refractivity contribution in [2.24, 2.45) is 5.92 Å². The molecule has 3 rings (SSSR count). The zero-order valence-electron chi connectivity index (χ0n) is 11.6. The van der Waals surface area contributed by atoms with E-state index in [-0.39, 0.29) is 18.0 Å². The molecule has 1 atom stereocenters. The normalized spacial score (nSPS) is 18.0. The van der Waals surface area contributed by atoms with Gasteiger partial charge in [-0.3, -0.25) is 14.2 Å². The molecule has 0 radical (unpaired) electrons. The number of nitrogens with zero attached hydrogens (tertiary/aromatic N) is 2. The second-order valence-corrected chi connectivity index (χ2v) is 5.20. The number of rotatable bonds is 4. The van der Waals surface area contributed by atoms with Crippen LogP contribution in [0.3, 0.4) is 0 Å². The molecule has 1 unspecified atom stereocenters. The third kappa shape index (κ3) is 3.11. The smallest absolute Gasteiger partial charge is 0.269 e. The number of ether oxygens (including phenoxy) is 1. The fourth-order valence-corrected chi connectivity index (χ4v) is 2.48. The summed E-state index contributed by atoms with van der Waals surface area (Å²) in [4.78, 5) is 28.0. The van der Waals surface area contributed by atoms with Gasteiger partial charge in [0, 0.05) is 19.1 Å². The molecule has 0 aliphatic carbocycles. The van der Waals surface area contributed by atoms with Crippen molar-refractivity contribution < 1.29 is 9.53 Å². The quantitative estimate of drug-likeness (QED) is 0.891. The molecule has 0 spiro atoms. The highest BCUT2D eigenvalue weighted by molar-refractivity contribution is 5.79. The van der Waals surface area contributed by atoms with Gasteiger partial charge in [-0.15, -0.1) is 0 Å². The van der Waals surface area contributed by atoms with Crippen LogP contribution >= 0.6 is 0 Å². The van der Waals surface area contributed by atoms with Crippen LogP contribution in [0.1, 0.15) is 6.42 Å². The second-order valence-electron chi connectivity index (χ2n) is 5.20. The van der Waals surface area contributed by atoms with E-state index in [1.54, 1.807) is 6.07 Å². The van der Waals surface area contributed by atoms with E-state index in [4.69, 9.17) is 4.74 Å². The van der Waals surface area contributed by atoms with Gasteiger partial charge in [-0.2, -0.15) is 0 Å². The lowest BCUT2D eigenvalue weighted by atomic mass is 10.1. The number of amides is 1. The fraction of sp³-hybridized carbons (Fsp3) is 0.400. The number of fused-ring (bicyclic) bond motifs is 1. The Labute approximate surface area is 121 Å². The van der Waals surface area contributed by atoms with Crippen molar-refractivity contribution >= 4 is 16.9 Å². The average Bonchev–Trinajstić information content (AvgIpc) is 3.01. The molecule has 1 aliphatic rings. The largest absolute Gasteiger partial charge is 0.381 e. The number of benzene rings is 1. The lowest BCUT2D eigenvalue weighted by Gasteiger charge is -2.12. The molecule has 2 aromatic rings. The molecule has 1 aromatic heterocycles. The molecule has 110 valence electrons.